The molecule has 1 aromatic carbocycles. The molecule has 3 heterocycles. The van der Waals surface area contributed by atoms with Crippen molar-refractivity contribution in [2.45, 2.75) is 31.5 Å². The van der Waals surface area contributed by atoms with Gasteiger partial charge < -0.3 is 20.3 Å². The molecular weight excluding hydrogens is 414 g/mol. The van der Waals surface area contributed by atoms with Crippen LogP contribution >= 0.6 is 0 Å². The van der Waals surface area contributed by atoms with Crippen molar-refractivity contribution in [2.75, 3.05) is 18.9 Å². The van der Waals surface area contributed by atoms with Crippen LogP contribution in [-0.2, 0) is 39.4 Å². The lowest BCUT2D eigenvalue weighted by atomic mass is 9.94. The lowest BCUT2D eigenvalue weighted by Gasteiger charge is -2.21. The number of fused-ring (bicyclic) bond motifs is 3. The van der Waals surface area contributed by atoms with E-state index in [0.29, 0.717) is 37.2 Å². The van der Waals surface area contributed by atoms with Crippen LogP contribution in [0, 0.1) is 0 Å². The number of urea groups is 1. The van der Waals surface area contributed by atoms with Crippen LogP contribution in [-0.4, -0.2) is 52.3 Å². The number of nitrogens with zero attached hydrogens (tertiary/aromatic N) is 3. The summed E-state index contributed by atoms with van der Waals surface area (Å²) in [6, 6.07) is 8.47. The van der Waals surface area contributed by atoms with Crippen molar-refractivity contribution < 1.29 is 23.9 Å². The fourth-order valence-electron chi connectivity index (χ4n) is 4.54. The predicted molar refractivity (Wildman–Crippen MR) is 111 cm³/mol. The van der Waals surface area contributed by atoms with Gasteiger partial charge in [-0.15, -0.1) is 0 Å². The molecule has 1 fully saturated rings. The van der Waals surface area contributed by atoms with Crippen LogP contribution < -0.4 is 10.6 Å². The molecule has 10 nitrogen and oxygen atoms in total. The maximum Gasteiger partial charge on any atom is 0.418 e. The van der Waals surface area contributed by atoms with Crippen molar-refractivity contribution in [1.82, 2.24) is 20.1 Å². The monoisotopic (exact) mass is 435 g/mol. The number of imide groups is 1. The molecule has 0 bridgehead atoms. The fraction of sp³-hybridized carbons (Fsp3) is 0.318. The first-order valence-corrected chi connectivity index (χ1v) is 10.3. The number of aromatic nitrogens is 1. The zero-order chi connectivity index (χ0) is 22.5. The van der Waals surface area contributed by atoms with E-state index in [-0.39, 0.29) is 18.5 Å². The number of hydrogen-bond acceptors (Lipinski definition) is 6. The van der Waals surface area contributed by atoms with Crippen molar-refractivity contribution >= 4 is 29.6 Å². The number of anilines is 1. The Balaban J connectivity index is 1.33. The van der Waals surface area contributed by atoms with E-state index >= 15 is 0 Å². The van der Waals surface area contributed by atoms with Crippen LogP contribution in [0.2, 0.25) is 0 Å². The summed E-state index contributed by atoms with van der Waals surface area (Å²) in [5.41, 5.74) is 2.33. The fourth-order valence-corrected chi connectivity index (χ4v) is 4.54. The summed E-state index contributed by atoms with van der Waals surface area (Å²) >= 11 is 0. The van der Waals surface area contributed by atoms with Gasteiger partial charge in [-0.3, -0.25) is 14.6 Å². The molecule has 2 N–H and O–H groups in total. The number of nitrogens with one attached hydrogen (secondary N) is 2. The van der Waals surface area contributed by atoms with E-state index in [0.717, 1.165) is 21.7 Å². The van der Waals surface area contributed by atoms with Gasteiger partial charge in [-0.2, -0.15) is 0 Å². The molecule has 1 saturated heterocycles. The lowest BCUT2D eigenvalue weighted by Crippen LogP contribution is -2.43. The Morgan fingerprint density at radius 2 is 2.03 bits per heavy atom. The number of carbonyl (C=O) groups is 4. The van der Waals surface area contributed by atoms with Crippen molar-refractivity contribution in [2.24, 2.45) is 0 Å². The number of rotatable bonds is 3. The van der Waals surface area contributed by atoms with E-state index in [4.69, 9.17) is 4.74 Å². The Hall–Kier alpha value is -3.95. The van der Waals surface area contributed by atoms with Crippen LogP contribution in [0.15, 0.2) is 36.5 Å². The molecule has 2 aliphatic heterocycles. The number of ether oxygens (including phenoxy) is 1. The molecule has 164 valence electrons. The minimum atomic E-state index is -1.42. The molecule has 3 aliphatic rings. The van der Waals surface area contributed by atoms with Gasteiger partial charge >= 0.3 is 12.1 Å². The third kappa shape index (κ3) is 3.06. The number of pyridine rings is 1. The van der Waals surface area contributed by atoms with Gasteiger partial charge in [-0.25, -0.2) is 14.5 Å². The van der Waals surface area contributed by atoms with Crippen LogP contribution in [0.3, 0.4) is 0 Å². The number of aryl methyl sites for hydroxylation is 1. The highest BCUT2D eigenvalue weighted by Gasteiger charge is 2.58. The van der Waals surface area contributed by atoms with Crippen LogP contribution in [0.5, 0.6) is 0 Å². The quantitative estimate of drug-likeness (QED) is 0.754. The summed E-state index contributed by atoms with van der Waals surface area (Å²) in [5, 5.41) is 5.16. The van der Waals surface area contributed by atoms with Crippen LogP contribution in [0.1, 0.15) is 28.8 Å². The minimum absolute atomic E-state index is 0.292. The van der Waals surface area contributed by atoms with Crippen molar-refractivity contribution in [3.63, 3.8) is 0 Å². The first-order chi connectivity index (χ1) is 15.4. The third-order valence-electron chi connectivity index (χ3n) is 6.18. The second kappa shape index (κ2) is 7.33. The van der Waals surface area contributed by atoms with Crippen LogP contribution in [0.4, 0.5) is 15.3 Å². The molecule has 0 radical (unpaired) electrons. The van der Waals surface area contributed by atoms with E-state index in [1.165, 1.54) is 7.05 Å². The van der Waals surface area contributed by atoms with E-state index in [1.807, 2.05) is 12.1 Å². The summed E-state index contributed by atoms with van der Waals surface area (Å²) < 4.78 is 5.58. The van der Waals surface area contributed by atoms with Gasteiger partial charge in [0.25, 0.3) is 5.91 Å². The summed E-state index contributed by atoms with van der Waals surface area (Å²) in [6.07, 6.45) is 1.65. The summed E-state index contributed by atoms with van der Waals surface area (Å²) in [5.74, 6) is -0.870. The van der Waals surface area contributed by atoms with Gasteiger partial charge in [0.1, 0.15) is 6.54 Å². The second-order valence-electron chi connectivity index (χ2n) is 8.02. The third-order valence-corrected chi connectivity index (χ3v) is 6.18. The molecule has 5 rings (SSSR count). The lowest BCUT2D eigenvalue weighted by molar-refractivity contribution is -0.142. The molecule has 2 aromatic rings. The van der Waals surface area contributed by atoms with Crippen molar-refractivity contribution in [3.05, 3.63) is 58.9 Å². The van der Waals surface area contributed by atoms with Gasteiger partial charge in [-0.05, 0) is 35.7 Å². The van der Waals surface area contributed by atoms with Crippen LogP contribution in [0.25, 0.3) is 0 Å². The van der Waals surface area contributed by atoms with Gasteiger partial charge in [0.05, 0.1) is 12.2 Å². The number of hydrogen-bond donors (Lipinski definition) is 2. The van der Waals surface area contributed by atoms with E-state index in [2.05, 4.69) is 15.6 Å². The normalized spacial score (nSPS) is 20.9. The van der Waals surface area contributed by atoms with Gasteiger partial charge in [0.2, 0.25) is 11.5 Å². The zero-order valence-corrected chi connectivity index (χ0v) is 17.4. The summed E-state index contributed by atoms with van der Waals surface area (Å²) in [4.78, 5) is 57.0. The molecule has 0 saturated carbocycles. The predicted octanol–water partition coefficient (Wildman–Crippen LogP) is 1.50. The second-order valence-corrected chi connectivity index (χ2v) is 8.02. The van der Waals surface area contributed by atoms with Crippen molar-refractivity contribution in [3.8, 4) is 0 Å². The molecule has 1 aliphatic carbocycles. The Morgan fingerprint density at radius 1 is 1.19 bits per heavy atom. The molecule has 1 atom stereocenters. The Bertz CT molecular complexity index is 1140. The number of carbonyl (C=O) groups excluding carboxylic acids is 4. The maximum absolute atomic E-state index is 13.3. The molecule has 5 amide bonds. The van der Waals surface area contributed by atoms with E-state index in [9.17, 15) is 19.2 Å². The minimum Gasteiger partial charge on any atom is -0.427 e. The Labute approximate surface area is 183 Å². The standard InChI is InChI=1S/C22H21N5O5/c1-23-20(30)25-15-4-5-16-13(9-15)6-7-22(16)19(29)27(21(31)32-22)12-18(28)26-10-14-3-2-8-24-17(14)11-26/h2-5,8-9H,6-7,10-12H2,1H3,(H2,23,25,30)/t22-/m0/s1. The smallest absolute Gasteiger partial charge is 0.418 e. The number of amides is 5. The van der Waals surface area contributed by atoms with Gasteiger partial charge in [0, 0.05) is 37.5 Å². The SMILES string of the molecule is CNC(=O)Nc1ccc2c(c1)CC[C@]21OC(=O)N(CC(=O)N2Cc3cccnc3C2)C1=O. The molecule has 0 unspecified atom stereocenters. The topological polar surface area (TPSA) is 121 Å². The average Bonchev–Trinajstić information content (AvgIpc) is 3.45. The Morgan fingerprint density at radius 3 is 2.81 bits per heavy atom. The van der Waals surface area contributed by atoms with Gasteiger partial charge in [-0.1, -0.05) is 12.1 Å². The first kappa shape index (κ1) is 20.0. The first-order valence-electron chi connectivity index (χ1n) is 10.3. The molecule has 32 heavy (non-hydrogen) atoms. The highest BCUT2D eigenvalue weighted by atomic mass is 16.6. The highest BCUT2D eigenvalue weighted by molar-refractivity contribution is 6.06. The number of benzene rings is 1. The molecule has 1 aromatic heterocycles. The Kier molecular flexibility index (Phi) is 4.58. The largest absolute Gasteiger partial charge is 0.427 e. The summed E-state index contributed by atoms with van der Waals surface area (Å²) in [6.45, 7) is 0.369. The highest BCUT2D eigenvalue weighted by Crippen LogP contribution is 2.46. The van der Waals surface area contributed by atoms with E-state index < -0.39 is 17.6 Å². The zero-order valence-electron chi connectivity index (χ0n) is 17.4. The molecule has 10 heteroatoms. The molecular formula is C22H21N5O5. The maximum atomic E-state index is 13.3. The van der Waals surface area contributed by atoms with E-state index in [1.54, 1.807) is 29.3 Å². The molecule has 1 spiro atoms. The van der Waals surface area contributed by atoms with Crippen molar-refractivity contribution in [1.29, 1.82) is 0 Å². The summed E-state index contributed by atoms with van der Waals surface area (Å²) in [7, 11) is 1.52. The average molecular weight is 435 g/mol. The van der Waals surface area contributed by atoms with Gasteiger partial charge in [0.15, 0.2) is 0 Å².